The van der Waals surface area contributed by atoms with Gasteiger partial charge in [-0.05, 0) is 25.2 Å². The molecule has 1 fully saturated rings. The summed E-state index contributed by atoms with van der Waals surface area (Å²) in [5, 5.41) is 0. The fourth-order valence-corrected chi connectivity index (χ4v) is 3.88. The molecule has 0 aromatic rings. The van der Waals surface area contributed by atoms with Crippen LogP contribution in [0.2, 0.25) is 0 Å². The molecule has 1 aliphatic rings. The van der Waals surface area contributed by atoms with Gasteiger partial charge in [0.25, 0.3) is 0 Å². The summed E-state index contributed by atoms with van der Waals surface area (Å²) in [5.74, 6) is 1.17. The van der Waals surface area contributed by atoms with Crippen LogP contribution in [0.15, 0.2) is 0 Å². The Morgan fingerprint density at radius 1 is 1.47 bits per heavy atom. The summed E-state index contributed by atoms with van der Waals surface area (Å²) in [6, 6.07) is 0. The highest BCUT2D eigenvalue weighted by molar-refractivity contribution is 7.89. The van der Waals surface area contributed by atoms with Crippen LogP contribution in [0.3, 0.4) is 0 Å². The van der Waals surface area contributed by atoms with Crippen molar-refractivity contribution in [2.75, 3.05) is 24.7 Å². The molecule has 1 unspecified atom stereocenters. The van der Waals surface area contributed by atoms with Crippen LogP contribution < -0.4 is 0 Å². The van der Waals surface area contributed by atoms with E-state index in [9.17, 15) is 8.42 Å². The maximum atomic E-state index is 11.9. The quantitative estimate of drug-likeness (QED) is 0.704. The van der Waals surface area contributed by atoms with Crippen molar-refractivity contribution in [3.05, 3.63) is 0 Å². The molecule has 0 bridgehead atoms. The molecule has 0 radical (unpaired) electrons. The highest BCUT2D eigenvalue weighted by atomic mass is 35.5. The second kappa shape index (κ2) is 6.06. The van der Waals surface area contributed by atoms with Crippen molar-refractivity contribution in [2.45, 2.75) is 32.6 Å². The molecule has 0 saturated carbocycles. The van der Waals surface area contributed by atoms with Gasteiger partial charge in [-0.1, -0.05) is 13.3 Å². The Labute approximate surface area is 97.8 Å². The molecule has 0 spiro atoms. The molecule has 1 rings (SSSR count). The van der Waals surface area contributed by atoms with Crippen LogP contribution in [0.25, 0.3) is 0 Å². The zero-order chi connectivity index (χ0) is 11.3. The molecule has 0 aromatic carbocycles. The van der Waals surface area contributed by atoms with Crippen molar-refractivity contribution >= 4 is 21.6 Å². The Bertz CT molecular complexity index is 279. The van der Waals surface area contributed by atoms with Gasteiger partial charge in [0.15, 0.2) is 0 Å². The van der Waals surface area contributed by atoms with E-state index in [2.05, 4.69) is 6.92 Å². The van der Waals surface area contributed by atoms with Crippen LogP contribution in [0.5, 0.6) is 0 Å². The van der Waals surface area contributed by atoms with E-state index in [0.717, 1.165) is 19.3 Å². The summed E-state index contributed by atoms with van der Waals surface area (Å²) in [7, 11) is -3.04. The average molecular weight is 254 g/mol. The zero-order valence-electron chi connectivity index (χ0n) is 9.28. The lowest BCUT2D eigenvalue weighted by Crippen LogP contribution is -2.40. The number of alkyl halides is 1. The highest BCUT2D eigenvalue weighted by Crippen LogP contribution is 2.21. The van der Waals surface area contributed by atoms with E-state index in [1.165, 1.54) is 0 Å². The third-order valence-corrected chi connectivity index (χ3v) is 5.18. The third-order valence-electron chi connectivity index (χ3n) is 2.99. The number of nitrogens with zero attached hydrogens (tertiary/aromatic N) is 1. The minimum atomic E-state index is -3.04. The number of piperidine rings is 1. The fraction of sp³-hybridized carbons (Fsp3) is 1.00. The summed E-state index contributed by atoms with van der Waals surface area (Å²) >= 11 is 5.52. The Balaban J connectivity index is 2.54. The minimum Gasteiger partial charge on any atom is -0.212 e. The van der Waals surface area contributed by atoms with Gasteiger partial charge in [0, 0.05) is 19.0 Å². The Hall–Kier alpha value is 0.200. The standard InChI is InChI=1S/C10H20ClNO2S/c1-2-10-5-3-7-12(9-10)15(13,14)8-4-6-11/h10H,2-9H2,1H3. The van der Waals surface area contributed by atoms with Gasteiger partial charge < -0.3 is 0 Å². The first kappa shape index (κ1) is 13.3. The van der Waals surface area contributed by atoms with E-state index in [-0.39, 0.29) is 5.75 Å². The molecule has 0 amide bonds. The molecule has 1 aliphatic heterocycles. The number of halogens is 1. The molecule has 1 atom stereocenters. The second-order valence-electron chi connectivity index (χ2n) is 4.13. The van der Waals surface area contributed by atoms with Crippen molar-refractivity contribution < 1.29 is 8.42 Å². The SMILES string of the molecule is CCC1CCCN(S(=O)(=O)CCCCl)C1. The predicted molar refractivity (Wildman–Crippen MR) is 63.7 cm³/mol. The second-order valence-corrected chi connectivity index (χ2v) is 6.60. The highest BCUT2D eigenvalue weighted by Gasteiger charge is 2.27. The fourth-order valence-electron chi connectivity index (χ4n) is 1.98. The van der Waals surface area contributed by atoms with Crippen molar-refractivity contribution in [3.8, 4) is 0 Å². The van der Waals surface area contributed by atoms with Crippen LogP contribution in [0, 0.1) is 5.92 Å². The van der Waals surface area contributed by atoms with Gasteiger partial charge in [0.1, 0.15) is 0 Å². The Kier molecular flexibility index (Phi) is 5.36. The van der Waals surface area contributed by atoms with Gasteiger partial charge in [-0.3, -0.25) is 0 Å². The summed E-state index contributed by atoms with van der Waals surface area (Å²) in [5.41, 5.74) is 0. The summed E-state index contributed by atoms with van der Waals surface area (Å²) in [6.45, 7) is 3.53. The van der Waals surface area contributed by atoms with E-state index in [4.69, 9.17) is 11.6 Å². The lowest BCUT2D eigenvalue weighted by Gasteiger charge is -2.31. The predicted octanol–water partition coefficient (Wildman–Crippen LogP) is 2.07. The number of sulfonamides is 1. The minimum absolute atomic E-state index is 0.201. The summed E-state index contributed by atoms with van der Waals surface area (Å²) in [6.07, 6.45) is 3.79. The van der Waals surface area contributed by atoms with Crippen molar-refractivity contribution in [1.82, 2.24) is 4.31 Å². The van der Waals surface area contributed by atoms with Crippen LogP contribution in [0.4, 0.5) is 0 Å². The maximum Gasteiger partial charge on any atom is 0.214 e. The van der Waals surface area contributed by atoms with Crippen LogP contribution >= 0.6 is 11.6 Å². The summed E-state index contributed by atoms with van der Waals surface area (Å²) < 4.78 is 25.4. The van der Waals surface area contributed by atoms with Gasteiger partial charge in [-0.2, -0.15) is 0 Å². The maximum absolute atomic E-state index is 11.9. The van der Waals surface area contributed by atoms with Gasteiger partial charge in [0.2, 0.25) is 10.0 Å². The van der Waals surface area contributed by atoms with Gasteiger partial charge in [-0.15, -0.1) is 11.6 Å². The molecule has 1 heterocycles. The molecule has 15 heavy (non-hydrogen) atoms. The van der Waals surface area contributed by atoms with E-state index in [1.807, 2.05) is 0 Å². The van der Waals surface area contributed by atoms with Crippen molar-refractivity contribution in [3.63, 3.8) is 0 Å². The lowest BCUT2D eigenvalue weighted by molar-refractivity contribution is 0.261. The molecule has 5 heteroatoms. The molecule has 3 nitrogen and oxygen atoms in total. The molecule has 0 aromatic heterocycles. The third kappa shape index (κ3) is 3.93. The smallest absolute Gasteiger partial charge is 0.212 e. The first-order valence-corrected chi connectivity index (χ1v) is 7.78. The largest absolute Gasteiger partial charge is 0.214 e. The van der Waals surface area contributed by atoms with Gasteiger partial charge in [0.05, 0.1) is 5.75 Å². The van der Waals surface area contributed by atoms with Crippen LogP contribution in [0.1, 0.15) is 32.6 Å². The van der Waals surface area contributed by atoms with E-state index >= 15 is 0 Å². The molecule has 0 aliphatic carbocycles. The molecular formula is C10H20ClNO2S. The number of rotatable bonds is 5. The first-order valence-electron chi connectivity index (χ1n) is 5.64. The van der Waals surface area contributed by atoms with E-state index < -0.39 is 10.0 Å². The zero-order valence-corrected chi connectivity index (χ0v) is 10.9. The van der Waals surface area contributed by atoms with Gasteiger partial charge in [-0.25, -0.2) is 12.7 Å². The van der Waals surface area contributed by atoms with Crippen molar-refractivity contribution in [1.29, 1.82) is 0 Å². The number of hydrogen-bond acceptors (Lipinski definition) is 2. The molecule has 0 N–H and O–H groups in total. The van der Waals surface area contributed by atoms with Crippen LogP contribution in [-0.2, 0) is 10.0 Å². The average Bonchev–Trinajstić information content (AvgIpc) is 2.26. The molecule has 1 saturated heterocycles. The van der Waals surface area contributed by atoms with Gasteiger partial charge >= 0.3 is 0 Å². The molecular weight excluding hydrogens is 234 g/mol. The number of hydrogen-bond donors (Lipinski definition) is 0. The Morgan fingerprint density at radius 2 is 2.20 bits per heavy atom. The van der Waals surface area contributed by atoms with Crippen molar-refractivity contribution in [2.24, 2.45) is 5.92 Å². The normalized spacial score (nSPS) is 24.3. The van der Waals surface area contributed by atoms with E-state index in [0.29, 0.717) is 31.3 Å². The first-order chi connectivity index (χ1) is 7.10. The Morgan fingerprint density at radius 3 is 2.80 bits per heavy atom. The molecule has 90 valence electrons. The van der Waals surface area contributed by atoms with Crippen LogP contribution in [-0.4, -0.2) is 37.4 Å². The van der Waals surface area contributed by atoms with E-state index in [1.54, 1.807) is 4.31 Å². The topological polar surface area (TPSA) is 37.4 Å². The lowest BCUT2D eigenvalue weighted by atomic mass is 9.97. The summed E-state index contributed by atoms with van der Waals surface area (Å²) in [4.78, 5) is 0. The monoisotopic (exact) mass is 253 g/mol.